The molecular weight excluding hydrogens is 240 g/mol. The lowest BCUT2D eigenvalue weighted by Crippen LogP contribution is -2.37. The summed E-state index contributed by atoms with van der Waals surface area (Å²) < 4.78 is 11.3. The Balaban J connectivity index is 2.09. The van der Waals surface area contributed by atoms with Gasteiger partial charge in [-0.3, -0.25) is 0 Å². The fraction of sp³-hybridized carbons (Fsp3) is 0.533. The van der Waals surface area contributed by atoms with Gasteiger partial charge in [0.2, 0.25) is 5.89 Å². The molecular formula is C15H20N2O2. The van der Waals surface area contributed by atoms with Crippen molar-refractivity contribution in [3.05, 3.63) is 24.1 Å². The molecule has 1 aliphatic carbocycles. The summed E-state index contributed by atoms with van der Waals surface area (Å²) in [6, 6.07) is 5.76. The predicted octanol–water partition coefficient (Wildman–Crippen LogP) is 3.00. The fourth-order valence-corrected chi connectivity index (χ4v) is 3.05. The first-order valence-corrected chi connectivity index (χ1v) is 6.93. The van der Waals surface area contributed by atoms with Crippen LogP contribution in [0.4, 0.5) is 0 Å². The number of para-hydroxylation sites is 1. The molecule has 0 unspecified atom stereocenters. The molecule has 0 atom stereocenters. The predicted molar refractivity (Wildman–Crippen MR) is 74.4 cm³/mol. The second-order valence-electron chi connectivity index (χ2n) is 5.37. The first-order chi connectivity index (χ1) is 9.29. The summed E-state index contributed by atoms with van der Waals surface area (Å²) in [5.74, 6) is 1.55. The standard InChI is InChI=1S/C15H20N2O2/c1-18-11-6-5-7-12-13(11)17-14(19-12)15(10-16)8-3-2-4-9-15/h5-7H,2-4,8-10,16H2,1H3. The lowest BCUT2D eigenvalue weighted by molar-refractivity contribution is 0.247. The van der Waals surface area contributed by atoms with Crippen molar-refractivity contribution in [1.29, 1.82) is 0 Å². The summed E-state index contributed by atoms with van der Waals surface area (Å²) >= 11 is 0. The van der Waals surface area contributed by atoms with Crippen molar-refractivity contribution in [1.82, 2.24) is 4.98 Å². The van der Waals surface area contributed by atoms with E-state index in [1.807, 2.05) is 18.2 Å². The Morgan fingerprint density at radius 2 is 2.11 bits per heavy atom. The third kappa shape index (κ3) is 2.00. The largest absolute Gasteiger partial charge is 0.494 e. The molecule has 4 nitrogen and oxygen atoms in total. The van der Waals surface area contributed by atoms with Crippen molar-refractivity contribution in [2.75, 3.05) is 13.7 Å². The van der Waals surface area contributed by atoms with Crippen LogP contribution < -0.4 is 10.5 Å². The Morgan fingerprint density at radius 3 is 2.79 bits per heavy atom. The van der Waals surface area contributed by atoms with E-state index in [1.165, 1.54) is 19.3 Å². The third-order valence-electron chi connectivity index (χ3n) is 4.26. The number of hydrogen-bond donors (Lipinski definition) is 1. The number of rotatable bonds is 3. The highest BCUT2D eigenvalue weighted by molar-refractivity contribution is 5.79. The average Bonchev–Trinajstić information content (AvgIpc) is 2.92. The zero-order valence-electron chi connectivity index (χ0n) is 11.3. The first-order valence-electron chi connectivity index (χ1n) is 6.93. The van der Waals surface area contributed by atoms with Gasteiger partial charge >= 0.3 is 0 Å². The van der Waals surface area contributed by atoms with E-state index in [1.54, 1.807) is 7.11 Å². The molecule has 3 rings (SSSR count). The molecule has 1 fully saturated rings. The number of nitrogens with two attached hydrogens (primary N) is 1. The second kappa shape index (κ2) is 4.85. The minimum absolute atomic E-state index is 0.0811. The first kappa shape index (κ1) is 12.5. The Kier molecular flexibility index (Phi) is 3.19. The van der Waals surface area contributed by atoms with Crippen LogP contribution in [0.1, 0.15) is 38.0 Å². The fourth-order valence-electron chi connectivity index (χ4n) is 3.05. The highest BCUT2D eigenvalue weighted by atomic mass is 16.5. The Bertz CT molecular complexity index is 571. The molecule has 0 spiro atoms. The van der Waals surface area contributed by atoms with Gasteiger partial charge in [-0.2, -0.15) is 0 Å². The van der Waals surface area contributed by atoms with Crippen LogP contribution in [0, 0.1) is 0 Å². The number of hydrogen-bond acceptors (Lipinski definition) is 4. The Morgan fingerprint density at radius 1 is 1.32 bits per heavy atom. The van der Waals surface area contributed by atoms with Crippen LogP contribution in [0.5, 0.6) is 5.75 Å². The van der Waals surface area contributed by atoms with E-state index in [9.17, 15) is 0 Å². The van der Waals surface area contributed by atoms with E-state index in [4.69, 9.17) is 14.9 Å². The monoisotopic (exact) mass is 260 g/mol. The quantitative estimate of drug-likeness (QED) is 0.921. The van der Waals surface area contributed by atoms with Gasteiger partial charge < -0.3 is 14.9 Å². The molecule has 102 valence electrons. The molecule has 0 bridgehead atoms. The van der Waals surface area contributed by atoms with Gasteiger partial charge in [-0.25, -0.2) is 4.98 Å². The third-order valence-corrected chi connectivity index (χ3v) is 4.26. The van der Waals surface area contributed by atoms with Gasteiger partial charge in [0.1, 0.15) is 5.75 Å². The number of nitrogens with zero attached hydrogens (tertiary/aromatic N) is 1. The minimum Gasteiger partial charge on any atom is -0.494 e. The molecule has 0 amide bonds. The molecule has 19 heavy (non-hydrogen) atoms. The van der Waals surface area contributed by atoms with Crippen molar-refractivity contribution in [3.8, 4) is 5.75 Å². The molecule has 4 heteroatoms. The number of oxazole rings is 1. The highest BCUT2D eigenvalue weighted by Crippen LogP contribution is 2.40. The van der Waals surface area contributed by atoms with Gasteiger partial charge in [0.05, 0.1) is 12.5 Å². The summed E-state index contributed by atoms with van der Waals surface area (Å²) in [4.78, 5) is 4.68. The van der Waals surface area contributed by atoms with Crippen LogP contribution in [-0.4, -0.2) is 18.6 Å². The van der Waals surface area contributed by atoms with Gasteiger partial charge in [0.15, 0.2) is 11.1 Å². The maximum Gasteiger partial charge on any atom is 0.203 e. The highest BCUT2D eigenvalue weighted by Gasteiger charge is 2.37. The Hall–Kier alpha value is -1.55. The van der Waals surface area contributed by atoms with Crippen molar-refractivity contribution >= 4 is 11.1 Å². The summed E-state index contributed by atoms with van der Waals surface area (Å²) in [6.07, 6.45) is 5.82. The van der Waals surface area contributed by atoms with E-state index >= 15 is 0 Å². The molecule has 1 saturated carbocycles. The smallest absolute Gasteiger partial charge is 0.203 e. The number of benzene rings is 1. The van der Waals surface area contributed by atoms with Gasteiger partial charge in [-0.15, -0.1) is 0 Å². The summed E-state index contributed by atoms with van der Waals surface area (Å²) in [5.41, 5.74) is 7.54. The lowest BCUT2D eigenvalue weighted by Gasteiger charge is -2.32. The van der Waals surface area contributed by atoms with E-state index in [0.29, 0.717) is 6.54 Å². The maximum atomic E-state index is 6.03. The second-order valence-corrected chi connectivity index (χ2v) is 5.37. The van der Waals surface area contributed by atoms with Crippen LogP contribution in [0.15, 0.2) is 22.6 Å². The summed E-state index contributed by atoms with van der Waals surface area (Å²) in [6.45, 7) is 0.599. The molecule has 2 aromatic rings. The van der Waals surface area contributed by atoms with Crippen LogP contribution >= 0.6 is 0 Å². The SMILES string of the molecule is COc1cccc2oc(C3(CN)CCCCC3)nc12. The van der Waals surface area contributed by atoms with Crippen LogP contribution in [0.25, 0.3) is 11.1 Å². The normalized spacial score (nSPS) is 18.6. The molecule has 1 heterocycles. The number of aromatic nitrogens is 1. The molecule has 2 N–H and O–H groups in total. The van der Waals surface area contributed by atoms with E-state index in [0.717, 1.165) is 35.6 Å². The zero-order chi connectivity index (χ0) is 13.3. The molecule has 0 radical (unpaired) electrons. The minimum atomic E-state index is -0.0811. The maximum absolute atomic E-state index is 6.03. The van der Waals surface area contributed by atoms with Crippen molar-refractivity contribution in [3.63, 3.8) is 0 Å². The van der Waals surface area contributed by atoms with Gasteiger partial charge in [0, 0.05) is 6.54 Å². The van der Waals surface area contributed by atoms with Gasteiger partial charge in [0.25, 0.3) is 0 Å². The lowest BCUT2D eigenvalue weighted by atomic mass is 9.74. The van der Waals surface area contributed by atoms with Crippen LogP contribution in [0.2, 0.25) is 0 Å². The summed E-state index contributed by atoms with van der Waals surface area (Å²) in [7, 11) is 1.66. The van der Waals surface area contributed by atoms with Crippen molar-refractivity contribution in [2.24, 2.45) is 5.73 Å². The summed E-state index contributed by atoms with van der Waals surface area (Å²) in [5, 5.41) is 0. The van der Waals surface area contributed by atoms with Gasteiger partial charge in [-0.05, 0) is 25.0 Å². The Labute approximate surface area is 112 Å². The van der Waals surface area contributed by atoms with Crippen LogP contribution in [0.3, 0.4) is 0 Å². The number of ether oxygens (including phenoxy) is 1. The number of methoxy groups -OCH3 is 1. The van der Waals surface area contributed by atoms with Crippen molar-refractivity contribution in [2.45, 2.75) is 37.5 Å². The molecule has 1 aromatic carbocycles. The van der Waals surface area contributed by atoms with Crippen LogP contribution in [-0.2, 0) is 5.41 Å². The molecule has 1 aliphatic rings. The molecule has 0 aliphatic heterocycles. The van der Waals surface area contributed by atoms with E-state index < -0.39 is 0 Å². The topological polar surface area (TPSA) is 61.3 Å². The molecule has 0 saturated heterocycles. The van der Waals surface area contributed by atoms with Crippen molar-refractivity contribution < 1.29 is 9.15 Å². The average molecular weight is 260 g/mol. The molecule has 1 aromatic heterocycles. The number of fused-ring (bicyclic) bond motifs is 1. The van der Waals surface area contributed by atoms with Gasteiger partial charge in [-0.1, -0.05) is 25.3 Å². The van der Waals surface area contributed by atoms with E-state index in [2.05, 4.69) is 4.98 Å². The van der Waals surface area contributed by atoms with E-state index in [-0.39, 0.29) is 5.41 Å². The zero-order valence-corrected chi connectivity index (χ0v) is 11.3.